The summed E-state index contributed by atoms with van der Waals surface area (Å²) in [5.41, 5.74) is 1.40. The van der Waals surface area contributed by atoms with Crippen molar-refractivity contribution in [3.63, 3.8) is 0 Å². The normalized spacial score (nSPS) is 11.7. The molecule has 1 aromatic carbocycles. The van der Waals surface area contributed by atoms with E-state index in [-0.39, 0.29) is 10.9 Å². The summed E-state index contributed by atoms with van der Waals surface area (Å²) in [6.07, 6.45) is 1.32. The highest BCUT2D eigenvalue weighted by atomic mass is 31.2. The van der Waals surface area contributed by atoms with Crippen molar-refractivity contribution in [1.82, 2.24) is 15.0 Å². The summed E-state index contributed by atoms with van der Waals surface area (Å²) < 4.78 is 11.2. The van der Waals surface area contributed by atoms with Crippen molar-refractivity contribution in [3.8, 4) is 11.3 Å². The van der Waals surface area contributed by atoms with Gasteiger partial charge in [0.05, 0.1) is 11.0 Å². The van der Waals surface area contributed by atoms with Gasteiger partial charge in [-0.1, -0.05) is 12.1 Å². The number of nitrogens with one attached hydrogen (secondary N) is 1. The first-order valence-corrected chi connectivity index (χ1v) is 7.57. The molecule has 0 saturated heterocycles. The molecule has 3 aromatic rings. The molecule has 0 aliphatic carbocycles. The van der Waals surface area contributed by atoms with Crippen LogP contribution in [0.1, 0.15) is 0 Å². The van der Waals surface area contributed by atoms with E-state index in [1.807, 2.05) is 0 Å². The standard InChI is InChI=1S/C13H10N3O4P/c17-11-6-5-10-12(14-7-15-13(10)16-11)8-1-3-9(4-2-8)21(18,19)20/h1-7H,(H2,18,19,20)(H,14,15,16,17). The van der Waals surface area contributed by atoms with Crippen molar-refractivity contribution >= 4 is 23.9 Å². The van der Waals surface area contributed by atoms with Crippen LogP contribution in [-0.4, -0.2) is 24.7 Å². The Bertz CT molecular complexity index is 915. The number of fused-ring (bicyclic) bond motifs is 1. The summed E-state index contributed by atoms with van der Waals surface area (Å²) >= 11 is 0. The number of hydrogen-bond donors (Lipinski definition) is 3. The second kappa shape index (κ2) is 4.89. The molecule has 0 atom stereocenters. The summed E-state index contributed by atoms with van der Waals surface area (Å²) in [4.78, 5) is 40.3. The van der Waals surface area contributed by atoms with Gasteiger partial charge in [0.25, 0.3) is 0 Å². The van der Waals surface area contributed by atoms with Crippen molar-refractivity contribution in [2.45, 2.75) is 0 Å². The minimum Gasteiger partial charge on any atom is -0.321 e. The monoisotopic (exact) mass is 303 g/mol. The average molecular weight is 303 g/mol. The fourth-order valence-electron chi connectivity index (χ4n) is 2.01. The number of rotatable bonds is 2. The molecule has 0 aliphatic rings. The summed E-state index contributed by atoms with van der Waals surface area (Å²) in [7, 11) is -4.26. The molecule has 2 aromatic heterocycles. The lowest BCUT2D eigenvalue weighted by atomic mass is 10.1. The Morgan fingerprint density at radius 1 is 1.00 bits per heavy atom. The smallest absolute Gasteiger partial charge is 0.321 e. The maximum atomic E-state index is 11.3. The van der Waals surface area contributed by atoms with Gasteiger partial charge in [0.2, 0.25) is 5.56 Å². The first-order valence-electron chi connectivity index (χ1n) is 5.96. The van der Waals surface area contributed by atoms with Crippen molar-refractivity contribution in [2.75, 3.05) is 0 Å². The topological polar surface area (TPSA) is 116 Å². The molecule has 106 valence electrons. The molecule has 0 fully saturated rings. The van der Waals surface area contributed by atoms with Gasteiger partial charge in [0.15, 0.2) is 0 Å². The third-order valence-corrected chi connectivity index (χ3v) is 3.97. The van der Waals surface area contributed by atoms with Gasteiger partial charge >= 0.3 is 7.60 Å². The molecular weight excluding hydrogens is 293 g/mol. The molecule has 0 amide bonds. The zero-order valence-corrected chi connectivity index (χ0v) is 11.5. The first-order chi connectivity index (χ1) is 9.95. The molecule has 0 spiro atoms. The van der Waals surface area contributed by atoms with E-state index in [1.165, 1.54) is 24.5 Å². The summed E-state index contributed by atoms with van der Waals surface area (Å²) in [6.45, 7) is 0. The highest BCUT2D eigenvalue weighted by molar-refractivity contribution is 7.60. The van der Waals surface area contributed by atoms with Gasteiger partial charge in [-0.3, -0.25) is 9.36 Å². The average Bonchev–Trinajstić information content (AvgIpc) is 2.45. The van der Waals surface area contributed by atoms with Gasteiger partial charge in [-0.25, -0.2) is 9.97 Å². The van der Waals surface area contributed by atoms with E-state index in [9.17, 15) is 9.36 Å². The van der Waals surface area contributed by atoms with Gasteiger partial charge in [-0.05, 0) is 18.2 Å². The molecule has 0 bridgehead atoms. The number of aromatic amines is 1. The molecule has 0 radical (unpaired) electrons. The largest absolute Gasteiger partial charge is 0.356 e. The zero-order chi connectivity index (χ0) is 15.0. The Morgan fingerprint density at radius 2 is 1.71 bits per heavy atom. The van der Waals surface area contributed by atoms with Crippen LogP contribution in [0, 0.1) is 0 Å². The number of aromatic nitrogens is 3. The Morgan fingerprint density at radius 3 is 2.38 bits per heavy atom. The van der Waals surface area contributed by atoms with Gasteiger partial charge in [-0.2, -0.15) is 0 Å². The molecule has 0 saturated carbocycles. The van der Waals surface area contributed by atoms with E-state index in [1.54, 1.807) is 18.2 Å². The second-order valence-electron chi connectivity index (χ2n) is 4.40. The molecule has 21 heavy (non-hydrogen) atoms. The van der Waals surface area contributed by atoms with Crippen LogP contribution in [0.5, 0.6) is 0 Å². The fraction of sp³-hybridized carbons (Fsp3) is 0. The fourth-order valence-corrected chi connectivity index (χ4v) is 2.55. The Hall–Kier alpha value is -2.34. The SMILES string of the molecule is O=c1ccc2c(-c3ccc(P(=O)(O)O)cc3)ncnc2[nH]1. The number of hydrogen-bond acceptors (Lipinski definition) is 4. The van der Waals surface area contributed by atoms with Crippen molar-refractivity contribution < 1.29 is 14.4 Å². The molecule has 7 nitrogen and oxygen atoms in total. The summed E-state index contributed by atoms with van der Waals surface area (Å²) in [6, 6.07) is 8.84. The molecule has 0 unspecified atom stereocenters. The molecule has 3 rings (SSSR count). The van der Waals surface area contributed by atoms with E-state index in [4.69, 9.17) is 9.79 Å². The van der Waals surface area contributed by atoms with Crippen LogP contribution in [0.2, 0.25) is 0 Å². The Balaban J connectivity index is 2.17. The minimum absolute atomic E-state index is 0.0574. The van der Waals surface area contributed by atoms with Gasteiger partial charge in [-0.15, -0.1) is 0 Å². The van der Waals surface area contributed by atoms with Crippen LogP contribution in [0.25, 0.3) is 22.3 Å². The molecule has 8 heteroatoms. The van der Waals surface area contributed by atoms with E-state index >= 15 is 0 Å². The maximum absolute atomic E-state index is 11.3. The molecule has 2 heterocycles. The minimum atomic E-state index is -4.26. The lowest BCUT2D eigenvalue weighted by Crippen LogP contribution is -2.05. The number of nitrogens with zero attached hydrogens (tertiary/aromatic N) is 2. The number of pyridine rings is 1. The van der Waals surface area contributed by atoms with Gasteiger partial charge < -0.3 is 14.8 Å². The lowest BCUT2D eigenvalue weighted by molar-refractivity contribution is 0.387. The van der Waals surface area contributed by atoms with Crippen LogP contribution < -0.4 is 10.9 Å². The van der Waals surface area contributed by atoms with Gasteiger partial charge in [0.1, 0.15) is 12.0 Å². The van der Waals surface area contributed by atoms with Crippen LogP contribution in [-0.2, 0) is 4.57 Å². The predicted octanol–water partition coefficient (Wildman–Crippen LogP) is 0.788. The third-order valence-electron chi connectivity index (χ3n) is 3.00. The van der Waals surface area contributed by atoms with Crippen LogP contribution in [0.4, 0.5) is 0 Å². The number of benzene rings is 1. The highest BCUT2D eigenvalue weighted by Gasteiger charge is 2.17. The number of H-pyrrole nitrogens is 1. The first kappa shape index (κ1) is 13.6. The van der Waals surface area contributed by atoms with Crippen molar-refractivity contribution in [3.05, 3.63) is 53.1 Å². The Labute approximate surface area is 118 Å². The summed E-state index contributed by atoms with van der Waals surface area (Å²) in [5.74, 6) is 0. The van der Waals surface area contributed by atoms with Crippen LogP contribution >= 0.6 is 7.60 Å². The van der Waals surface area contributed by atoms with E-state index in [2.05, 4.69) is 15.0 Å². The third kappa shape index (κ3) is 2.62. The second-order valence-corrected chi connectivity index (χ2v) is 6.00. The highest BCUT2D eigenvalue weighted by Crippen LogP contribution is 2.34. The lowest BCUT2D eigenvalue weighted by Gasteiger charge is -2.07. The van der Waals surface area contributed by atoms with E-state index in [0.717, 1.165) is 0 Å². The molecule has 3 N–H and O–H groups in total. The summed E-state index contributed by atoms with van der Waals surface area (Å²) in [5, 5.41) is 0.596. The predicted molar refractivity (Wildman–Crippen MR) is 77.3 cm³/mol. The van der Waals surface area contributed by atoms with Crippen molar-refractivity contribution in [1.29, 1.82) is 0 Å². The zero-order valence-electron chi connectivity index (χ0n) is 10.6. The van der Waals surface area contributed by atoms with Crippen molar-refractivity contribution in [2.24, 2.45) is 0 Å². The quantitative estimate of drug-likeness (QED) is 0.603. The maximum Gasteiger partial charge on any atom is 0.356 e. The van der Waals surface area contributed by atoms with E-state index in [0.29, 0.717) is 22.3 Å². The molecular formula is C13H10N3O4P. The van der Waals surface area contributed by atoms with E-state index < -0.39 is 7.60 Å². The van der Waals surface area contributed by atoms with Gasteiger partial charge in [0, 0.05) is 17.0 Å². The van der Waals surface area contributed by atoms with Crippen LogP contribution in [0.15, 0.2) is 47.5 Å². The van der Waals surface area contributed by atoms with Crippen LogP contribution in [0.3, 0.4) is 0 Å². The molecule has 0 aliphatic heterocycles. The Kier molecular flexibility index (Phi) is 3.17.